The van der Waals surface area contributed by atoms with Crippen molar-refractivity contribution in [3.8, 4) is 0 Å². The van der Waals surface area contributed by atoms with Crippen molar-refractivity contribution in [2.45, 2.75) is 25.5 Å². The summed E-state index contributed by atoms with van der Waals surface area (Å²) in [5.41, 5.74) is 2.92. The lowest BCUT2D eigenvalue weighted by Gasteiger charge is -2.33. The average Bonchev–Trinajstić information content (AvgIpc) is 2.68. The summed E-state index contributed by atoms with van der Waals surface area (Å²) in [7, 11) is 1.77. The molecule has 0 bridgehead atoms. The molecule has 1 unspecified atom stereocenters. The number of carbonyl (C=O) groups excluding carboxylic acids is 1. The Hall–Kier alpha value is -2.24. The molecule has 0 aromatic heterocycles. The van der Waals surface area contributed by atoms with Gasteiger partial charge in [0, 0.05) is 43.1 Å². The van der Waals surface area contributed by atoms with Crippen molar-refractivity contribution < 1.29 is 9.53 Å². The Morgan fingerprint density at radius 1 is 1.19 bits per heavy atom. The minimum Gasteiger partial charge on any atom is -0.380 e. The fourth-order valence-electron chi connectivity index (χ4n) is 3.08. The molecule has 1 aliphatic heterocycles. The number of hydrogen-bond acceptors (Lipinski definition) is 3. The second kappa shape index (κ2) is 8.92. The maximum Gasteiger partial charge on any atom is 0.319 e. The monoisotopic (exact) mass is 373 g/mol. The molecule has 2 amide bonds. The molecule has 2 aromatic rings. The van der Waals surface area contributed by atoms with Crippen molar-refractivity contribution in [3.05, 3.63) is 59.1 Å². The number of amides is 2. The molecule has 2 N–H and O–H groups in total. The molecule has 1 aliphatic rings. The Balaban J connectivity index is 1.50. The number of methoxy groups -OCH3 is 1. The largest absolute Gasteiger partial charge is 0.380 e. The number of benzene rings is 2. The topological polar surface area (TPSA) is 53.6 Å². The zero-order valence-electron chi connectivity index (χ0n) is 14.9. The van der Waals surface area contributed by atoms with Crippen molar-refractivity contribution in [1.29, 1.82) is 0 Å². The molecule has 2 aromatic carbocycles. The van der Waals surface area contributed by atoms with Gasteiger partial charge in [0.2, 0.25) is 0 Å². The molecule has 26 heavy (non-hydrogen) atoms. The van der Waals surface area contributed by atoms with E-state index in [1.165, 1.54) is 0 Å². The second-order valence-corrected chi connectivity index (χ2v) is 6.86. The van der Waals surface area contributed by atoms with E-state index in [4.69, 9.17) is 16.3 Å². The van der Waals surface area contributed by atoms with Gasteiger partial charge in [-0.15, -0.1) is 0 Å². The van der Waals surface area contributed by atoms with Gasteiger partial charge >= 0.3 is 6.03 Å². The molecule has 1 fully saturated rings. The minimum absolute atomic E-state index is 0.231. The average molecular weight is 374 g/mol. The van der Waals surface area contributed by atoms with Gasteiger partial charge < -0.3 is 20.3 Å². The summed E-state index contributed by atoms with van der Waals surface area (Å²) in [4.78, 5) is 14.4. The summed E-state index contributed by atoms with van der Waals surface area (Å²) >= 11 is 5.86. The van der Waals surface area contributed by atoms with Crippen LogP contribution in [0, 0.1) is 0 Å². The van der Waals surface area contributed by atoms with Gasteiger partial charge in [0.15, 0.2) is 0 Å². The first-order chi connectivity index (χ1) is 12.6. The van der Waals surface area contributed by atoms with Crippen LogP contribution in [0.5, 0.6) is 0 Å². The highest BCUT2D eigenvalue weighted by atomic mass is 35.5. The maximum atomic E-state index is 12.0. The lowest BCUT2D eigenvalue weighted by Crippen LogP contribution is -2.39. The van der Waals surface area contributed by atoms with Crippen LogP contribution in [0.4, 0.5) is 16.2 Å². The van der Waals surface area contributed by atoms with Crippen LogP contribution >= 0.6 is 11.6 Å². The van der Waals surface area contributed by atoms with Crippen LogP contribution < -0.4 is 15.5 Å². The maximum absolute atomic E-state index is 12.0. The summed E-state index contributed by atoms with van der Waals surface area (Å²) in [5.74, 6) is 0. The lowest BCUT2D eigenvalue weighted by molar-refractivity contribution is 0.0893. The van der Waals surface area contributed by atoms with Crippen molar-refractivity contribution in [1.82, 2.24) is 5.32 Å². The molecule has 0 aliphatic carbocycles. The fraction of sp³-hybridized carbons (Fsp3) is 0.350. The molecule has 1 saturated heterocycles. The third kappa shape index (κ3) is 5.13. The first-order valence-electron chi connectivity index (χ1n) is 8.81. The number of anilines is 2. The third-order valence-electron chi connectivity index (χ3n) is 4.57. The molecule has 1 heterocycles. The van der Waals surface area contributed by atoms with Crippen molar-refractivity contribution >= 4 is 29.0 Å². The van der Waals surface area contributed by atoms with Crippen molar-refractivity contribution in [3.63, 3.8) is 0 Å². The lowest BCUT2D eigenvalue weighted by atomic mass is 10.1. The van der Waals surface area contributed by atoms with Gasteiger partial charge in [0.1, 0.15) is 0 Å². The van der Waals surface area contributed by atoms with Crippen molar-refractivity contribution in [2.24, 2.45) is 0 Å². The number of nitrogens with zero attached hydrogens (tertiary/aromatic N) is 1. The van der Waals surface area contributed by atoms with E-state index in [9.17, 15) is 4.79 Å². The minimum atomic E-state index is -0.231. The Morgan fingerprint density at radius 2 is 1.92 bits per heavy atom. The standard InChI is InChI=1S/C20H24ClN3O2/c1-26-19-3-2-12-24(14-19)18-10-8-17(9-11-18)23-20(25)22-13-15-4-6-16(21)7-5-15/h4-11,19H,2-3,12-14H2,1H3,(H2,22,23,25). The predicted molar refractivity (Wildman–Crippen MR) is 106 cm³/mol. The summed E-state index contributed by atoms with van der Waals surface area (Å²) in [6, 6.07) is 15.1. The SMILES string of the molecule is COC1CCCN(c2ccc(NC(=O)NCc3ccc(Cl)cc3)cc2)C1. The summed E-state index contributed by atoms with van der Waals surface area (Å²) in [5, 5.41) is 6.38. The van der Waals surface area contributed by atoms with Gasteiger partial charge in [-0.05, 0) is 54.8 Å². The molecule has 3 rings (SSSR count). The Labute approximate surface area is 159 Å². The summed E-state index contributed by atoms with van der Waals surface area (Å²) in [6.45, 7) is 2.40. The number of hydrogen-bond donors (Lipinski definition) is 2. The molecule has 6 heteroatoms. The Kier molecular flexibility index (Phi) is 6.36. The highest BCUT2D eigenvalue weighted by Crippen LogP contribution is 2.23. The van der Waals surface area contributed by atoms with Crippen LogP contribution in [0.1, 0.15) is 18.4 Å². The van der Waals surface area contributed by atoms with E-state index in [1.54, 1.807) is 7.11 Å². The van der Waals surface area contributed by atoms with Crippen LogP contribution in [-0.4, -0.2) is 32.3 Å². The highest BCUT2D eigenvalue weighted by molar-refractivity contribution is 6.30. The summed E-state index contributed by atoms with van der Waals surface area (Å²) < 4.78 is 5.47. The number of rotatable bonds is 5. The predicted octanol–water partition coefficient (Wildman–Crippen LogP) is 4.28. The van der Waals surface area contributed by atoms with Gasteiger partial charge in [0.05, 0.1) is 6.10 Å². The fourth-order valence-corrected chi connectivity index (χ4v) is 3.21. The van der Waals surface area contributed by atoms with E-state index in [0.29, 0.717) is 17.7 Å². The molecule has 5 nitrogen and oxygen atoms in total. The number of ether oxygens (including phenoxy) is 1. The number of halogens is 1. The molecule has 0 saturated carbocycles. The molecule has 1 atom stereocenters. The molecule has 0 radical (unpaired) electrons. The van der Waals surface area contributed by atoms with Crippen LogP contribution in [-0.2, 0) is 11.3 Å². The van der Waals surface area contributed by atoms with Gasteiger partial charge in [-0.2, -0.15) is 0 Å². The van der Waals surface area contributed by atoms with E-state index >= 15 is 0 Å². The van der Waals surface area contributed by atoms with E-state index in [-0.39, 0.29) is 6.03 Å². The van der Waals surface area contributed by atoms with Crippen LogP contribution in [0.15, 0.2) is 48.5 Å². The first kappa shape index (κ1) is 18.5. The number of piperidine rings is 1. The van der Waals surface area contributed by atoms with Gasteiger partial charge in [0.25, 0.3) is 0 Å². The number of nitrogens with one attached hydrogen (secondary N) is 2. The summed E-state index contributed by atoms with van der Waals surface area (Å²) in [6.07, 6.45) is 2.53. The quantitative estimate of drug-likeness (QED) is 0.822. The van der Waals surface area contributed by atoms with E-state index in [0.717, 1.165) is 42.9 Å². The normalized spacial score (nSPS) is 17.0. The molecular formula is C20H24ClN3O2. The van der Waals surface area contributed by atoms with Gasteiger partial charge in [-0.1, -0.05) is 23.7 Å². The Morgan fingerprint density at radius 3 is 2.62 bits per heavy atom. The smallest absolute Gasteiger partial charge is 0.319 e. The van der Waals surface area contributed by atoms with Crippen molar-refractivity contribution in [2.75, 3.05) is 30.4 Å². The third-order valence-corrected chi connectivity index (χ3v) is 4.82. The van der Waals surface area contributed by atoms with E-state index < -0.39 is 0 Å². The van der Waals surface area contributed by atoms with Crippen LogP contribution in [0.3, 0.4) is 0 Å². The Bertz CT molecular complexity index is 719. The van der Waals surface area contributed by atoms with Crippen LogP contribution in [0.2, 0.25) is 5.02 Å². The second-order valence-electron chi connectivity index (χ2n) is 6.43. The van der Waals surface area contributed by atoms with E-state index in [1.807, 2.05) is 48.5 Å². The highest BCUT2D eigenvalue weighted by Gasteiger charge is 2.19. The zero-order chi connectivity index (χ0) is 18.4. The van der Waals surface area contributed by atoms with Gasteiger partial charge in [-0.3, -0.25) is 0 Å². The number of urea groups is 1. The van der Waals surface area contributed by atoms with Gasteiger partial charge in [-0.25, -0.2) is 4.79 Å². The first-order valence-corrected chi connectivity index (χ1v) is 9.19. The zero-order valence-corrected chi connectivity index (χ0v) is 15.6. The number of carbonyl (C=O) groups is 1. The van der Waals surface area contributed by atoms with E-state index in [2.05, 4.69) is 15.5 Å². The van der Waals surface area contributed by atoms with Crippen LogP contribution in [0.25, 0.3) is 0 Å². The molecule has 0 spiro atoms. The molecule has 138 valence electrons. The molecular weight excluding hydrogens is 350 g/mol.